The fourth-order valence-corrected chi connectivity index (χ4v) is 2.11. The van der Waals surface area contributed by atoms with Crippen molar-refractivity contribution in [2.24, 2.45) is 0 Å². The number of aromatic nitrogens is 3. The SMILES string of the molecule is CC(Cl)c1nc2cc(Br)cnc2n1CC(F)F. The minimum absolute atomic E-state index is 0.410. The molecule has 1 atom stereocenters. The molecule has 2 heterocycles. The Morgan fingerprint density at radius 2 is 2.24 bits per heavy atom. The number of alkyl halides is 3. The molecule has 92 valence electrons. The van der Waals surface area contributed by atoms with Crippen LogP contribution in [0.1, 0.15) is 18.1 Å². The van der Waals surface area contributed by atoms with Gasteiger partial charge in [-0.1, -0.05) is 0 Å². The summed E-state index contributed by atoms with van der Waals surface area (Å²) in [6, 6.07) is 1.73. The van der Waals surface area contributed by atoms with Gasteiger partial charge in [-0.2, -0.15) is 0 Å². The lowest BCUT2D eigenvalue weighted by atomic mass is 10.4. The van der Waals surface area contributed by atoms with Crippen LogP contribution < -0.4 is 0 Å². The number of rotatable bonds is 3. The standard InChI is InChI=1S/C10H9BrClF2N3/c1-5(12)9-16-7-2-6(11)3-15-10(7)17(9)4-8(13)14/h2-3,5,8H,4H2,1H3. The second kappa shape index (κ2) is 4.86. The van der Waals surface area contributed by atoms with Crippen molar-refractivity contribution in [3.05, 3.63) is 22.6 Å². The van der Waals surface area contributed by atoms with Crippen LogP contribution in [0.3, 0.4) is 0 Å². The molecule has 7 heteroatoms. The van der Waals surface area contributed by atoms with Crippen LogP contribution in [0.4, 0.5) is 8.78 Å². The normalized spacial score (nSPS) is 13.5. The summed E-state index contributed by atoms with van der Waals surface area (Å²) in [6.45, 7) is 1.25. The molecular weight excluding hydrogens is 315 g/mol. The smallest absolute Gasteiger partial charge is 0.256 e. The molecule has 2 rings (SSSR count). The van der Waals surface area contributed by atoms with Gasteiger partial charge in [0.2, 0.25) is 0 Å². The second-order valence-corrected chi connectivity index (χ2v) is 5.15. The molecule has 1 unspecified atom stereocenters. The highest BCUT2D eigenvalue weighted by molar-refractivity contribution is 9.10. The van der Waals surface area contributed by atoms with E-state index in [0.717, 1.165) is 4.47 Å². The van der Waals surface area contributed by atoms with Crippen LogP contribution in [0.5, 0.6) is 0 Å². The molecule has 17 heavy (non-hydrogen) atoms. The molecule has 0 amide bonds. The Bertz CT molecular complexity index is 542. The first-order valence-electron chi connectivity index (χ1n) is 4.93. The average molecular weight is 325 g/mol. The first-order chi connectivity index (χ1) is 7.99. The molecule has 0 spiro atoms. The maximum absolute atomic E-state index is 12.5. The minimum atomic E-state index is -2.47. The Morgan fingerprint density at radius 1 is 1.53 bits per heavy atom. The van der Waals surface area contributed by atoms with Crippen molar-refractivity contribution in [3.63, 3.8) is 0 Å². The van der Waals surface area contributed by atoms with Gasteiger partial charge in [0.25, 0.3) is 6.43 Å². The lowest BCUT2D eigenvalue weighted by Crippen LogP contribution is -2.11. The number of imidazole rings is 1. The highest BCUT2D eigenvalue weighted by Crippen LogP contribution is 2.25. The molecule has 0 radical (unpaired) electrons. The van der Waals surface area contributed by atoms with Crippen LogP contribution in [-0.4, -0.2) is 21.0 Å². The van der Waals surface area contributed by atoms with E-state index in [4.69, 9.17) is 11.6 Å². The van der Waals surface area contributed by atoms with Crippen LogP contribution in [0.15, 0.2) is 16.7 Å². The van der Waals surface area contributed by atoms with Gasteiger partial charge in [0, 0.05) is 10.7 Å². The summed E-state index contributed by atoms with van der Waals surface area (Å²) < 4.78 is 27.2. The van der Waals surface area contributed by atoms with E-state index in [-0.39, 0.29) is 0 Å². The summed E-state index contributed by atoms with van der Waals surface area (Å²) in [6.07, 6.45) is -0.915. The highest BCUT2D eigenvalue weighted by atomic mass is 79.9. The number of pyridine rings is 1. The lowest BCUT2D eigenvalue weighted by Gasteiger charge is -2.08. The first-order valence-corrected chi connectivity index (χ1v) is 6.16. The molecule has 0 bridgehead atoms. The van der Waals surface area contributed by atoms with Crippen molar-refractivity contribution in [1.82, 2.24) is 14.5 Å². The van der Waals surface area contributed by atoms with E-state index < -0.39 is 18.3 Å². The Balaban J connectivity index is 2.62. The zero-order chi connectivity index (χ0) is 12.6. The Hall–Kier alpha value is -0.750. The van der Waals surface area contributed by atoms with Crippen molar-refractivity contribution < 1.29 is 8.78 Å². The monoisotopic (exact) mass is 323 g/mol. The van der Waals surface area contributed by atoms with Crippen molar-refractivity contribution in [2.45, 2.75) is 25.3 Å². The largest absolute Gasteiger partial charge is 0.306 e. The van der Waals surface area contributed by atoms with E-state index in [0.29, 0.717) is 17.0 Å². The molecule has 0 saturated carbocycles. The Morgan fingerprint density at radius 3 is 2.82 bits per heavy atom. The molecule has 3 nitrogen and oxygen atoms in total. The van der Waals surface area contributed by atoms with E-state index in [1.54, 1.807) is 19.2 Å². The number of nitrogens with zero attached hydrogens (tertiary/aromatic N) is 3. The number of hydrogen-bond acceptors (Lipinski definition) is 2. The molecule has 2 aromatic rings. The zero-order valence-electron chi connectivity index (χ0n) is 8.87. The third kappa shape index (κ3) is 2.57. The summed E-state index contributed by atoms with van der Waals surface area (Å²) in [7, 11) is 0. The summed E-state index contributed by atoms with van der Waals surface area (Å²) >= 11 is 9.20. The molecule has 0 aliphatic rings. The fraction of sp³-hybridized carbons (Fsp3) is 0.400. The van der Waals surface area contributed by atoms with Gasteiger partial charge in [-0.05, 0) is 28.9 Å². The van der Waals surface area contributed by atoms with Gasteiger partial charge in [0.1, 0.15) is 11.3 Å². The number of fused-ring (bicyclic) bond motifs is 1. The molecule has 0 N–H and O–H groups in total. The Labute approximate surface area is 110 Å². The van der Waals surface area contributed by atoms with Crippen molar-refractivity contribution in [1.29, 1.82) is 0 Å². The molecule has 0 aliphatic heterocycles. The third-order valence-corrected chi connectivity index (χ3v) is 2.89. The number of halogens is 4. The van der Waals surface area contributed by atoms with Gasteiger partial charge in [0.05, 0.1) is 11.9 Å². The quantitative estimate of drug-likeness (QED) is 0.805. The molecule has 0 saturated heterocycles. The van der Waals surface area contributed by atoms with Gasteiger partial charge >= 0.3 is 0 Å². The summed E-state index contributed by atoms with van der Waals surface area (Å²) in [5, 5.41) is -0.443. The van der Waals surface area contributed by atoms with Gasteiger partial charge < -0.3 is 4.57 Å². The van der Waals surface area contributed by atoms with E-state index in [2.05, 4.69) is 25.9 Å². The lowest BCUT2D eigenvalue weighted by molar-refractivity contribution is 0.126. The second-order valence-electron chi connectivity index (χ2n) is 3.58. The van der Waals surface area contributed by atoms with Gasteiger partial charge in [-0.25, -0.2) is 18.7 Å². The average Bonchev–Trinajstić information content (AvgIpc) is 2.55. The third-order valence-electron chi connectivity index (χ3n) is 2.26. The van der Waals surface area contributed by atoms with Crippen molar-refractivity contribution in [2.75, 3.05) is 0 Å². The predicted octanol–water partition coefficient (Wildman–Crippen LogP) is 3.76. The minimum Gasteiger partial charge on any atom is -0.306 e. The summed E-state index contributed by atoms with van der Waals surface area (Å²) in [5.41, 5.74) is 0.985. The maximum atomic E-state index is 12.5. The summed E-state index contributed by atoms with van der Waals surface area (Å²) in [4.78, 5) is 8.33. The molecule has 2 aromatic heterocycles. The van der Waals surface area contributed by atoms with E-state index >= 15 is 0 Å². The number of hydrogen-bond donors (Lipinski definition) is 0. The van der Waals surface area contributed by atoms with Crippen molar-refractivity contribution >= 4 is 38.7 Å². The molecule has 0 aromatic carbocycles. The maximum Gasteiger partial charge on any atom is 0.256 e. The van der Waals surface area contributed by atoms with E-state index in [1.807, 2.05) is 0 Å². The zero-order valence-corrected chi connectivity index (χ0v) is 11.2. The van der Waals surface area contributed by atoms with Gasteiger partial charge in [0.15, 0.2) is 5.65 Å². The predicted molar refractivity (Wildman–Crippen MR) is 65.5 cm³/mol. The molecule has 0 aliphatic carbocycles. The highest BCUT2D eigenvalue weighted by Gasteiger charge is 2.18. The molecular formula is C10H9BrClF2N3. The Kier molecular flexibility index (Phi) is 3.63. The molecule has 0 fully saturated rings. The summed E-state index contributed by atoms with van der Waals surface area (Å²) in [5.74, 6) is 0.410. The van der Waals surface area contributed by atoms with Crippen LogP contribution >= 0.6 is 27.5 Å². The van der Waals surface area contributed by atoms with Crippen LogP contribution in [0, 0.1) is 0 Å². The van der Waals surface area contributed by atoms with E-state index in [1.165, 1.54) is 4.57 Å². The van der Waals surface area contributed by atoms with Crippen LogP contribution in [0.2, 0.25) is 0 Å². The first kappa shape index (κ1) is 12.7. The topological polar surface area (TPSA) is 30.7 Å². The van der Waals surface area contributed by atoms with Gasteiger partial charge in [-0.15, -0.1) is 11.6 Å². The van der Waals surface area contributed by atoms with E-state index in [9.17, 15) is 8.78 Å². The van der Waals surface area contributed by atoms with Crippen LogP contribution in [0.25, 0.3) is 11.2 Å². The van der Waals surface area contributed by atoms with Crippen molar-refractivity contribution in [3.8, 4) is 0 Å². The fourth-order valence-electron chi connectivity index (χ4n) is 1.63. The van der Waals surface area contributed by atoms with Crippen LogP contribution in [-0.2, 0) is 6.54 Å². The van der Waals surface area contributed by atoms with Gasteiger partial charge in [-0.3, -0.25) is 0 Å².